The molecule has 0 saturated heterocycles. The minimum absolute atomic E-state index is 0.124. The zero-order valence-corrected chi connectivity index (χ0v) is 12.2. The summed E-state index contributed by atoms with van der Waals surface area (Å²) >= 11 is 3.35. The normalized spacial score (nSPS) is 11.5. The smallest absolute Gasteiger partial charge is 0.255 e. The van der Waals surface area contributed by atoms with Crippen LogP contribution in [0.4, 0.5) is 0 Å². The highest BCUT2D eigenvalue weighted by Crippen LogP contribution is 2.24. The van der Waals surface area contributed by atoms with Gasteiger partial charge in [0, 0.05) is 17.6 Å². The van der Waals surface area contributed by atoms with E-state index in [1.54, 1.807) is 37.3 Å². The number of rotatable bonds is 4. The number of nitrogens with zero attached hydrogens (tertiary/aromatic N) is 2. The fraction of sp³-hybridized carbons (Fsp3) is 0.385. The van der Waals surface area contributed by atoms with E-state index < -0.39 is 0 Å². The molecule has 0 aliphatic heterocycles. The molecule has 1 aromatic rings. The standard InChI is InChI=1S/C13H15BrN2O2/c1-9(6-7-15)16(2)13(17)11-8-10(18-3)4-5-12(11)14/h4-5,8-9H,6H2,1-3H3. The third kappa shape index (κ3) is 3.23. The molecule has 4 nitrogen and oxygen atoms in total. The van der Waals surface area contributed by atoms with Crippen molar-refractivity contribution < 1.29 is 9.53 Å². The van der Waals surface area contributed by atoms with Crippen LogP contribution in [0.2, 0.25) is 0 Å². The molecule has 0 N–H and O–H groups in total. The minimum Gasteiger partial charge on any atom is -0.497 e. The number of hydrogen-bond acceptors (Lipinski definition) is 3. The number of halogens is 1. The molecular formula is C13H15BrN2O2. The number of ether oxygens (including phenoxy) is 1. The van der Waals surface area contributed by atoms with Gasteiger partial charge in [-0.05, 0) is 41.1 Å². The molecule has 1 atom stereocenters. The Hall–Kier alpha value is -1.54. The van der Waals surface area contributed by atoms with E-state index in [2.05, 4.69) is 22.0 Å². The molecule has 18 heavy (non-hydrogen) atoms. The van der Waals surface area contributed by atoms with E-state index in [1.807, 2.05) is 6.92 Å². The van der Waals surface area contributed by atoms with E-state index in [-0.39, 0.29) is 11.9 Å². The molecule has 0 spiro atoms. The number of hydrogen-bond donors (Lipinski definition) is 0. The molecule has 0 saturated carbocycles. The molecule has 1 unspecified atom stereocenters. The molecule has 0 fully saturated rings. The molecular weight excluding hydrogens is 296 g/mol. The molecule has 96 valence electrons. The Morgan fingerprint density at radius 1 is 1.61 bits per heavy atom. The fourth-order valence-electron chi connectivity index (χ4n) is 1.45. The molecule has 0 radical (unpaired) electrons. The van der Waals surface area contributed by atoms with E-state index in [1.165, 1.54) is 0 Å². The van der Waals surface area contributed by atoms with Crippen LogP contribution >= 0.6 is 15.9 Å². The number of carbonyl (C=O) groups is 1. The lowest BCUT2D eigenvalue weighted by Crippen LogP contribution is -2.35. The number of methoxy groups -OCH3 is 1. The summed E-state index contributed by atoms with van der Waals surface area (Å²) in [5.41, 5.74) is 0.529. The molecule has 0 aliphatic carbocycles. The lowest BCUT2D eigenvalue weighted by atomic mass is 10.1. The summed E-state index contributed by atoms with van der Waals surface area (Å²) in [6.07, 6.45) is 0.309. The van der Waals surface area contributed by atoms with Gasteiger partial charge in [0.1, 0.15) is 5.75 Å². The van der Waals surface area contributed by atoms with Gasteiger partial charge in [-0.2, -0.15) is 5.26 Å². The summed E-state index contributed by atoms with van der Waals surface area (Å²) in [7, 11) is 3.25. The van der Waals surface area contributed by atoms with Gasteiger partial charge in [0.15, 0.2) is 0 Å². The quantitative estimate of drug-likeness (QED) is 0.859. The van der Waals surface area contributed by atoms with Crippen LogP contribution in [-0.2, 0) is 0 Å². The van der Waals surface area contributed by atoms with Crippen molar-refractivity contribution in [1.29, 1.82) is 5.26 Å². The zero-order valence-electron chi connectivity index (χ0n) is 10.6. The maximum atomic E-state index is 12.3. The van der Waals surface area contributed by atoms with Gasteiger partial charge in [-0.1, -0.05) is 0 Å². The van der Waals surface area contributed by atoms with Crippen LogP contribution in [0.5, 0.6) is 5.75 Å². The van der Waals surface area contributed by atoms with E-state index in [0.29, 0.717) is 22.2 Å². The average molecular weight is 311 g/mol. The number of carbonyl (C=O) groups excluding carboxylic acids is 1. The minimum atomic E-state index is -0.136. The van der Waals surface area contributed by atoms with Crippen molar-refractivity contribution >= 4 is 21.8 Å². The highest BCUT2D eigenvalue weighted by molar-refractivity contribution is 9.10. The fourth-order valence-corrected chi connectivity index (χ4v) is 1.87. The van der Waals surface area contributed by atoms with Crippen molar-refractivity contribution in [3.63, 3.8) is 0 Å². The van der Waals surface area contributed by atoms with Crippen LogP contribution in [0.3, 0.4) is 0 Å². The summed E-state index contributed by atoms with van der Waals surface area (Å²) < 4.78 is 5.82. The van der Waals surface area contributed by atoms with E-state index in [0.717, 1.165) is 0 Å². The van der Waals surface area contributed by atoms with Crippen molar-refractivity contribution in [2.45, 2.75) is 19.4 Å². The Balaban J connectivity index is 3.00. The number of benzene rings is 1. The summed E-state index contributed by atoms with van der Waals surface area (Å²) in [6, 6.07) is 7.17. The van der Waals surface area contributed by atoms with Crippen LogP contribution < -0.4 is 4.74 Å². The first-order chi connectivity index (χ1) is 8.51. The molecule has 5 heteroatoms. The second-order valence-corrected chi connectivity index (χ2v) is 4.83. The van der Waals surface area contributed by atoms with Crippen LogP contribution in [0, 0.1) is 11.3 Å². The van der Waals surface area contributed by atoms with E-state index in [4.69, 9.17) is 10.00 Å². The molecule has 1 aromatic carbocycles. The second kappa shape index (κ2) is 6.41. The van der Waals surface area contributed by atoms with Crippen molar-refractivity contribution in [2.75, 3.05) is 14.2 Å². The third-order valence-corrected chi connectivity index (χ3v) is 3.46. The lowest BCUT2D eigenvalue weighted by Gasteiger charge is -2.23. The van der Waals surface area contributed by atoms with Crippen molar-refractivity contribution in [3.05, 3.63) is 28.2 Å². The zero-order chi connectivity index (χ0) is 13.7. The number of amides is 1. The van der Waals surface area contributed by atoms with Crippen molar-refractivity contribution in [2.24, 2.45) is 0 Å². The van der Waals surface area contributed by atoms with Crippen LogP contribution in [0.15, 0.2) is 22.7 Å². The molecule has 1 rings (SSSR count). The molecule has 0 aromatic heterocycles. The largest absolute Gasteiger partial charge is 0.497 e. The van der Waals surface area contributed by atoms with Gasteiger partial charge in [0.25, 0.3) is 5.91 Å². The predicted octanol–water partition coefficient (Wildman–Crippen LogP) is 2.83. The van der Waals surface area contributed by atoms with Crippen LogP contribution in [0.25, 0.3) is 0 Å². The number of nitriles is 1. The SMILES string of the molecule is COc1ccc(Br)c(C(=O)N(C)C(C)CC#N)c1. The Kier molecular flexibility index (Phi) is 5.17. The summed E-state index contributed by atoms with van der Waals surface area (Å²) in [5.74, 6) is 0.492. The topological polar surface area (TPSA) is 53.3 Å². The van der Waals surface area contributed by atoms with E-state index >= 15 is 0 Å². The predicted molar refractivity (Wildman–Crippen MR) is 72.5 cm³/mol. The Bertz CT molecular complexity index is 482. The maximum Gasteiger partial charge on any atom is 0.255 e. The monoisotopic (exact) mass is 310 g/mol. The Morgan fingerprint density at radius 2 is 2.28 bits per heavy atom. The summed E-state index contributed by atoms with van der Waals surface area (Å²) in [5, 5.41) is 8.66. The van der Waals surface area contributed by atoms with Crippen molar-refractivity contribution in [3.8, 4) is 11.8 Å². The summed E-state index contributed by atoms with van der Waals surface area (Å²) in [4.78, 5) is 13.8. The van der Waals surface area contributed by atoms with Gasteiger partial charge in [-0.15, -0.1) is 0 Å². The van der Waals surface area contributed by atoms with Gasteiger partial charge in [-0.25, -0.2) is 0 Å². The molecule has 0 aliphatic rings. The first kappa shape index (κ1) is 14.5. The molecule has 0 heterocycles. The maximum absolute atomic E-state index is 12.3. The Morgan fingerprint density at radius 3 is 2.83 bits per heavy atom. The van der Waals surface area contributed by atoms with E-state index in [9.17, 15) is 4.79 Å². The van der Waals surface area contributed by atoms with Gasteiger partial charge in [-0.3, -0.25) is 4.79 Å². The average Bonchev–Trinajstić information content (AvgIpc) is 2.38. The van der Waals surface area contributed by atoms with Gasteiger partial charge < -0.3 is 9.64 Å². The lowest BCUT2D eigenvalue weighted by molar-refractivity contribution is 0.0745. The third-order valence-electron chi connectivity index (χ3n) is 2.77. The first-order valence-electron chi connectivity index (χ1n) is 5.49. The molecule has 0 bridgehead atoms. The highest BCUT2D eigenvalue weighted by Gasteiger charge is 2.19. The molecule has 1 amide bonds. The Labute approximate surface area is 115 Å². The summed E-state index contributed by atoms with van der Waals surface area (Å²) in [6.45, 7) is 1.84. The van der Waals surface area contributed by atoms with Crippen LogP contribution in [0.1, 0.15) is 23.7 Å². The van der Waals surface area contributed by atoms with Gasteiger partial charge >= 0.3 is 0 Å². The highest BCUT2D eigenvalue weighted by atomic mass is 79.9. The van der Waals surface area contributed by atoms with Gasteiger partial charge in [0.05, 0.1) is 25.2 Å². The van der Waals surface area contributed by atoms with Crippen molar-refractivity contribution in [1.82, 2.24) is 4.90 Å². The second-order valence-electron chi connectivity index (χ2n) is 3.97. The van der Waals surface area contributed by atoms with Crippen LogP contribution in [-0.4, -0.2) is 31.0 Å². The first-order valence-corrected chi connectivity index (χ1v) is 6.28. The van der Waals surface area contributed by atoms with Gasteiger partial charge in [0.2, 0.25) is 0 Å².